The van der Waals surface area contributed by atoms with Crippen LogP contribution in [0.15, 0.2) is 53.0 Å². The maximum atomic E-state index is 12.5. The lowest BCUT2D eigenvalue weighted by molar-refractivity contribution is -0.123. The number of hydrogen-bond donors (Lipinski definition) is 3. The molecule has 1 atom stereocenters. The summed E-state index contributed by atoms with van der Waals surface area (Å²) in [6.07, 6.45) is 0. The third kappa shape index (κ3) is 7.32. The van der Waals surface area contributed by atoms with Crippen LogP contribution in [0.25, 0.3) is 0 Å². The van der Waals surface area contributed by atoms with Gasteiger partial charge in [0.15, 0.2) is 0 Å². The van der Waals surface area contributed by atoms with Crippen LogP contribution in [0.5, 0.6) is 0 Å². The molecule has 2 rings (SSSR count). The van der Waals surface area contributed by atoms with Crippen molar-refractivity contribution in [1.82, 2.24) is 4.90 Å². The number of carbonyl (C=O) groups is 3. The number of hydrogen-bond acceptors (Lipinski definition) is 4. The van der Waals surface area contributed by atoms with E-state index in [4.69, 9.17) is 0 Å². The van der Waals surface area contributed by atoms with Gasteiger partial charge in [-0.05, 0) is 62.0 Å². The van der Waals surface area contributed by atoms with E-state index in [1.54, 1.807) is 36.1 Å². The number of nitrogens with zero attached hydrogens (tertiary/aromatic N) is 1. The third-order valence-electron chi connectivity index (χ3n) is 4.28. The summed E-state index contributed by atoms with van der Waals surface area (Å²) in [6.45, 7) is 5.73. The molecule has 0 aliphatic carbocycles. The number of carbonyl (C=O) groups excluding carboxylic acids is 3. The molecule has 1 unspecified atom stereocenters. The van der Waals surface area contributed by atoms with Gasteiger partial charge in [0, 0.05) is 28.5 Å². The second kappa shape index (κ2) is 10.7. The summed E-state index contributed by atoms with van der Waals surface area (Å²) in [5.41, 5.74) is 1.97. The van der Waals surface area contributed by atoms with Gasteiger partial charge in [0.2, 0.25) is 17.7 Å². The normalized spacial score (nSPS) is 11.6. The van der Waals surface area contributed by atoms with E-state index >= 15 is 0 Å². The molecular formula is C21H25BrN4O3. The molecule has 0 aliphatic rings. The Morgan fingerprint density at radius 2 is 1.38 bits per heavy atom. The van der Waals surface area contributed by atoms with Gasteiger partial charge in [-0.1, -0.05) is 22.9 Å². The lowest BCUT2D eigenvalue weighted by Crippen LogP contribution is -2.45. The summed E-state index contributed by atoms with van der Waals surface area (Å²) in [4.78, 5) is 37.8. The van der Waals surface area contributed by atoms with Crippen LogP contribution in [0.1, 0.15) is 20.8 Å². The van der Waals surface area contributed by atoms with Gasteiger partial charge in [0.05, 0.1) is 12.6 Å². The molecule has 0 radical (unpaired) electrons. The minimum atomic E-state index is -0.475. The van der Waals surface area contributed by atoms with Gasteiger partial charge < -0.3 is 16.0 Å². The van der Waals surface area contributed by atoms with E-state index in [-0.39, 0.29) is 24.3 Å². The molecule has 0 bridgehead atoms. The van der Waals surface area contributed by atoms with Crippen LogP contribution in [0.3, 0.4) is 0 Å². The molecule has 0 spiro atoms. The Kier molecular flexibility index (Phi) is 8.35. The van der Waals surface area contributed by atoms with E-state index in [0.29, 0.717) is 23.6 Å². The molecule has 2 aromatic rings. The van der Waals surface area contributed by atoms with Crippen molar-refractivity contribution in [3.05, 3.63) is 53.0 Å². The van der Waals surface area contributed by atoms with Gasteiger partial charge in [0.25, 0.3) is 0 Å². The Bertz CT molecular complexity index is 853. The van der Waals surface area contributed by atoms with Crippen molar-refractivity contribution < 1.29 is 14.4 Å². The van der Waals surface area contributed by atoms with E-state index in [1.807, 2.05) is 31.2 Å². The second-order valence-electron chi connectivity index (χ2n) is 6.54. The van der Waals surface area contributed by atoms with Gasteiger partial charge >= 0.3 is 0 Å². The molecule has 0 fully saturated rings. The van der Waals surface area contributed by atoms with Crippen molar-refractivity contribution in [2.45, 2.75) is 26.8 Å². The summed E-state index contributed by atoms with van der Waals surface area (Å²) in [5.74, 6) is -0.556. The van der Waals surface area contributed by atoms with Crippen molar-refractivity contribution in [2.75, 3.05) is 29.0 Å². The lowest BCUT2D eigenvalue weighted by Gasteiger charge is -2.26. The third-order valence-corrected chi connectivity index (χ3v) is 4.81. The van der Waals surface area contributed by atoms with E-state index < -0.39 is 6.04 Å². The topological polar surface area (TPSA) is 90.5 Å². The van der Waals surface area contributed by atoms with E-state index in [2.05, 4.69) is 31.9 Å². The zero-order valence-corrected chi connectivity index (χ0v) is 18.2. The quantitative estimate of drug-likeness (QED) is 0.559. The monoisotopic (exact) mass is 460 g/mol. The number of nitrogens with one attached hydrogen (secondary N) is 3. The summed E-state index contributed by atoms with van der Waals surface area (Å²) in [5, 5.41) is 8.34. The van der Waals surface area contributed by atoms with Crippen LogP contribution in [-0.2, 0) is 14.4 Å². The molecule has 0 saturated heterocycles. The Hall–Kier alpha value is -2.71. The van der Waals surface area contributed by atoms with Crippen molar-refractivity contribution in [3.63, 3.8) is 0 Å². The number of anilines is 3. The predicted octanol–water partition coefficient (Wildman–Crippen LogP) is 3.70. The van der Waals surface area contributed by atoms with Crippen molar-refractivity contribution in [2.24, 2.45) is 0 Å². The van der Waals surface area contributed by atoms with Crippen molar-refractivity contribution in [3.8, 4) is 0 Å². The van der Waals surface area contributed by atoms with Crippen LogP contribution in [0.4, 0.5) is 17.1 Å². The van der Waals surface area contributed by atoms with Crippen LogP contribution in [0.2, 0.25) is 0 Å². The van der Waals surface area contributed by atoms with Gasteiger partial charge in [-0.2, -0.15) is 0 Å². The van der Waals surface area contributed by atoms with Crippen LogP contribution >= 0.6 is 15.9 Å². The van der Waals surface area contributed by atoms with Crippen LogP contribution in [-0.4, -0.2) is 41.8 Å². The fraction of sp³-hybridized carbons (Fsp3) is 0.286. The zero-order valence-electron chi connectivity index (χ0n) is 16.7. The van der Waals surface area contributed by atoms with Crippen molar-refractivity contribution in [1.29, 1.82) is 0 Å². The highest BCUT2D eigenvalue weighted by molar-refractivity contribution is 9.10. The van der Waals surface area contributed by atoms with E-state index in [0.717, 1.165) is 4.47 Å². The van der Waals surface area contributed by atoms with Gasteiger partial charge in [-0.3, -0.25) is 19.3 Å². The average Bonchev–Trinajstić information content (AvgIpc) is 2.68. The molecule has 0 aliphatic heterocycles. The fourth-order valence-corrected chi connectivity index (χ4v) is 2.96. The summed E-state index contributed by atoms with van der Waals surface area (Å²) < 4.78 is 0.931. The van der Waals surface area contributed by atoms with Gasteiger partial charge in [0.1, 0.15) is 0 Å². The minimum Gasteiger partial charge on any atom is -0.326 e. The lowest BCUT2D eigenvalue weighted by atomic mass is 10.2. The number of halogens is 1. The minimum absolute atomic E-state index is 0.0822. The second-order valence-corrected chi connectivity index (χ2v) is 7.46. The molecule has 0 aromatic heterocycles. The maximum Gasteiger partial charge on any atom is 0.241 e. The van der Waals surface area contributed by atoms with Crippen LogP contribution in [0, 0.1) is 0 Å². The largest absolute Gasteiger partial charge is 0.326 e. The highest BCUT2D eigenvalue weighted by atomic mass is 79.9. The molecular weight excluding hydrogens is 436 g/mol. The van der Waals surface area contributed by atoms with Crippen LogP contribution < -0.4 is 16.0 Å². The molecule has 3 amide bonds. The number of likely N-dealkylation sites (N-methyl/N-ethyl adjacent to an activating group) is 1. The Morgan fingerprint density at radius 3 is 1.90 bits per heavy atom. The average molecular weight is 461 g/mol. The molecule has 8 heteroatoms. The first-order valence-corrected chi connectivity index (χ1v) is 10.1. The first-order valence-electron chi connectivity index (χ1n) is 9.26. The Morgan fingerprint density at radius 1 is 0.897 bits per heavy atom. The standard InChI is InChI=1S/C21H25BrN4O3/c1-4-26(14(2)21(29)25-19-7-5-16(22)6-8-19)13-20(28)24-18-11-9-17(10-12-18)23-15(3)27/h5-12,14H,4,13H2,1-3H3,(H,23,27)(H,24,28)(H,25,29). The molecule has 0 saturated carbocycles. The molecule has 29 heavy (non-hydrogen) atoms. The predicted molar refractivity (Wildman–Crippen MR) is 119 cm³/mol. The summed E-state index contributed by atoms with van der Waals surface area (Å²) in [6, 6.07) is 13.7. The van der Waals surface area contributed by atoms with E-state index in [9.17, 15) is 14.4 Å². The van der Waals surface area contributed by atoms with E-state index in [1.165, 1.54) is 6.92 Å². The molecule has 154 valence electrons. The molecule has 0 heterocycles. The molecule has 3 N–H and O–H groups in total. The molecule has 2 aromatic carbocycles. The molecule has 7 nitrogen and oxygen atoms in total. The zero-order chi connectivity index (χ0) is 21.4. The highest BCUT2D eigenvalue weighted by Gasteiger charge is 2.22. The fourth-order valence-electron chi connectivity index (χ4n) is 2.69. The Labute approximate surface area is 179 Å². The first-order chi connectivity index (χ1) is 13.8. The van der Waals surface area contributed by atoms with Gasteiger partial charge in [-0.15, -0.1) is 0 Å². The number of rotatable bonds is 8. The smallest absolute Gasteiger partial charge is 0.241 e. The summed E-state index contributed by atoms with van der Waals surface area (Å²) >= 11 is 3.36. The SMILES string of the molecule is CCN(CC(=O)Nc1ccc(NC(C)=O)cc1)C(C)C(=O)Nc1ccc(Br)cc1. The number of amides is 3. The Balaban J connectivity index is 1.91. The number of benzene rings is 2. The van der Waals surface area contributed by atoms with Gasteiger partial charge in [-0.25, -0.2) is 0 Å². The maximum absolute atomic E-state index is 12.5. The first kappa shape index (κ1) is 22.6. The highest BCUT2D eigenvalue weighted by Crippen LogP contribution is 2.16. The van der Waals surface area contributed by atoms with Crippen molar-refractivity contribution >= 4 is 50.7 Å². The summed E-state index contributed by atoms with van der Waals surface area (Å²) in [7, 11) is 0.